The first-order valence-corrected chi connectivity index (χ1v) is 8.45. The van der Waals surface area contributed by atoms with Crippen molar-refractivity contribution >= 4 is 34.1 Å². The Kier molecular flexibility index (Phi) is 5.14. The zero-order valence-electron chi connectivity index (χ0n) is 14.5. The van der Waals surface area contributed by atoms with E-state index in [-0.39, 0.29) is 10.8 Å². The summed E-state index contributed by atoms with van der Waals surface area (Å²) in [5.41, 5.74) is 0.462. The summed E-state index contributed by atoms with van der Waals surface area (Å²) in [5, 5.41) is 3.45. The molecule has 2 aromatic carbocycles. The normalized spacial score (nSPS) is 12.0. The molecule has 1 atom stereocenters. The van der Waals surface area contributed by atoms with Crippen molar-refractivity contribution in [2.45, 2.75) is 13.0 Å². The number of hydrogen-bond acceptors (Lipinski definition) is 2. The van der Waals surface area contributed by atoms with Crippen molar-refractivity contribution in [3.8, 4) is 0 Å². The van der Waals surface area contributed by atoms with Crippen LogP contribution in [0.3, 0.4) is 0 Å². The predicted octanol–water partition coefficient (Wildman–Crippen LogP) is 4.68. The van der Waals surface area contributed by atoms with Gasteiger partial charge >= 0.3 is 6.03 Å². The second-order valence-electron chi connectivity index (χ2n) is 6.11. The molecular formula is C19H16ClF2N3O2. The average molecular weight is 392 g/mol. The lowest BCUT2D eigenvalue weighted by atomic mass is 10.0. The van der Waals surface area contributed by atoms with E-state index in [1.165, 1.54) is 11.1 Å². The zero-order chi connectivity index (χ0) is 19.7. The van der Waals surface area contributed by atoms with E-state index in [1.54, 1.807) is 38.2 Å². The standard InChI is InChI=1S/C19H16ClF2N3O2/c1-10(25(2)19(27)24-12-5-3-4-11(20)6-12)15-9-23-18(26)14-8-17(22)16(21)7-13(14)15/h3-10H,1-2H3,(H,23,26)(H,24,27). The molecule has 0 spiro atoms. The van der Waals surface area contributed by atoms with E-state index < -0.39 is 29.3 Å². The number of amides is 2. The summed E-state index contributed by atoms with van der Waals surface area (Å²) in [6, 6.07) is 7.54. The summed E-state index contributed by atoms with van der Waals surface area (Å²) < 4.78 is 27.2. The molecule has 0 fully saturated rings. The van der Waals surface area contributed by atoms with Gasteiger partial charge < -0.3 is 15.2 Å². The first-order chi connectivity index (χ1) is 12.8. The number of carbonyl (C=O) groups is 1. The fraction of sp³-hybridized carbons (Fsp3) is 0.158. The summed E-state index contributed by atoms with van der Waals surface area (Å²) in [7, 11) is 1.56. The molecule has 1 unspecified atom stereocenters. The van der Waals surface area contributed by atoms with Gasteiger partial charge in [-0.05, 0) is 48.2 Å². The van der Waals surface area contributed by atoms with Crippen molar-refractivity contribution in [1.29, 1.82) is 0 Å². The van der Waals surface area contributed by atoms with Crippen LogP contribution in [-0.2, 0) is 0 Å². The van der Waals surface area contributed by atoms with Gasteiger partial charge in [-0.3, -0.25) is 4.79 Å². The molecule has 3 rings (SSSR count). The van der Waals surface area contributed by atoms with Crippen LogP contribution in [0.5, 0.6) is 0 Å². The van der Waals surface area contributed by atoms with Crippen LogP contribution < -0.4 is 10.9 Å². The summed E-state index contributed by atoms with van der Waals surface area (Å²) in [5.74, 6) is -2.17. The maximum Gasteiger partial charge on any atom is 0.322 e. The quantitative estimate of drug-likeness (QED) is 0.680. The van der Waals surface area contributed by atoms with Crippen LogP contribution in [0.4, 0.5) is 19.3 Å². The Balaban J connectivity index is 1.94. The second kappa shape index (κ2) is 7.36. The number of carbonyl (C=O) groups excluding carboxylic acids is 1. The third kappa shape index (κ3) is 3.78. The predicted molar refractivity (Wildman–Crippen MR) is 101 cm³/mol. The number of aromatic nitrogens is 1. The van der Waals surface area contributed by atoms with Crippen molar-refractivity contribution in [1.82, 2.24) is 9.88 Å². The van der Waals surface area contributed by atoms with E-state index in [2.05, 4.69) is 10.3 Å². The van der Waals surface area contributed by atoms with E-state index in [9.17, 15) is 18.4 Å². The number of benzene rings is 2. The van der Waals surface area contributed by atoms with E-state index in [4.69, 9.17) is 11.6 Å². The highest BCUT2D eigenvalue weighted by Gasteiger charge is 2.21. The molecule has 3 aromatic rings. The fourth-order valence-electron chi connectivity index (χ4n) is 2.78. The Labute approximate surface area is 158 Å². The maximum atomic E-state index is 13.7. The van der Waals surface area contributed by atoms with E-state index >= 15 is 0 Å². The van der Waals surface area contributed by atoms with Crippen LogP contribution in [0.25, 0.3) is 10.8 Å². The molecule has 0 aliphatic heterocycles. The number of fused-ring (bicyclic) bond motifs is 1. The summed E-state index contributed by atoms with van der Waals surface area (Å²) in [6.45, 7) is 1.71. The lowest BCUT2D eigenvalue weighted by Crippen LogP contribution is -2.34. The minimum atomic E-state index is -1.11. The van der Waals surface area contributed by atoms with Gasteiger partial charge in [0.15, 0.2) is 11.6 Å². The van der Waals surface area contributed by atoms with Gasteiger partial charge in [-0.15, -0.1) is 0 Å². The number of nitrogens with one attached hydrogen (secondary N) is 2. The highest BCUT2D eigenvalue weighted by molar-refractivity contribution is 6.30. The molecule has 140 valence electrons. The van der Waals surface area contributed by atoms with Crippen LogP contribution >= 0.6 is 11.6 Å². The molecule has 0 radical (unpaired) electrons. The molecule has 2 amide bonds. The molecular weight excluding hydrogens is 376 g/mol. The molecule has 0 saturated carbocycles. The number of aromatic amines is 1. The van der Waals surface area contributed by atoms with Gasteiger partial charge in [-0.2, -0.15) is 0 Å². The number of hydrogen-bond donors (Lipinski definition) is 2. The Morgan fingerprint density at radius 1 is 1.19 bits per heavy atom. The van der Waals surface area contributed by atoms with Crippen LogP contribution in [0.1, 0.15) is 18.5 Å². The van der Waals surface area contributed by atoms with Gasteiger partial charge in [-0.1, -0.05) is 17.7 Å². The van der Waals surface area contributed by atoms with E-state index in [0.29, 0.717) is 16.3 Å². The number of rotatable bonds is 3. The molecule has 27 heavy (non-hydrogen) atoms. The average Bonchev–Trinajstić information content (AvgIpc) is 2.62. The number of anilines is 1. The van der Waals surface area contributed by atoms with Crippen molar-refractivity contribution in [2.75, 3.05) is 12.4 Å². The SMILES string of the molecule is CC(c1c[nH]c(=O)c2cc(F)c(F)cc12)N(C)C(=O)Nc1cccc(Cl)c1. The Morgan fingerprint density at radius 2 is 1.85 bits per heavy atom. The molecule has 0 bridgehead atoms. The van der Waals surface area contributed by atoms with E-state index in [1.807, 2.05) is 0 Å². The summed E-state index contributed by atoms with van der Waals surface area (Å²) >= 11 is 5.91. The molecule has 5 nitrogen and oxygen atoms in total. The van der Waals surface area contributed by atoms with Gasteiger partial charge in [0.05, 0.1) is 11.4 Å². The molecule has 1 heterocycles. The fourth-order valence-corrected chi connectivity index (χ4v) is 2.97. The number of nitrogens with zero attached hydrogens (tertiary/aromatic N) is 1. The molecule has 2 N–H and O–H groups in total. The maximum absolute atomic E-state index is 13.7. The number of H-pyrrole nitrogens is 1. The third-order valence-electron chi connectivity index (χ3n) is 4.40. The van der Waals surface area contributed by atoms with Crippen LogP contribution in [-0.4, -0.2) is 23.0 Å². The lowest BCUT2D eigenvalue weighted by molar-refractivity contribution is 0.208. The van der Waals surface area contributed by atoms with Crippen molar-refractivity contribution in [3.63, 3.8) is 0 Å². The molecule has 0 aliphatic carbocycles. The minimum absolute atomic E-state index is 0.0156. The zero-order valence-corrected chi connectivity index (χ0v) is 15.3. The van der Waals surface area contributed by atoms with Crippen molar-refractivity contribution in [3.05, 3.63) is 75.2 Å². The van der Waals surface area contributed by atoms with Crippen LogP contribution in [0.2, 0.25) is 5.02 Å². The van der Waals surface area contributed by atoms with Gasteiger partial charge in [-0.25, -0.2) is 13.6 Å². The molecule has 0 aliphatic rings. The van der Waals surface area contributed by atoms with Gasteiger partial charge in [0.1, 0.15) is 0 Å². The summed E-state index contributed by atoms with van der Waals surface area (Å²) in [4.78, 5) is 28.4. The molecule has 0 saturated heterocycles. The van der Waals surface area contributed by atoms with E-state index in [0.717, 1.165) is 12.1 Å². The lowest BCUT2D eigenvalue weighted by Gasteiger charge is -2.26. The van der Waals surface area contributed by atoms with Crippen molar-refractivity contribution in [2.24, 2.45) is 0 Å². The Hall–Kier alpha value is -2.93. The number of pyridine rings is 1. The van der Waals surface area contributed by atoms with Gasteiger partial charge in [0, 0.05) is 24.0 Å². The highest BCUT2D eigenvalue weighted by Crippen LogP contribution is 2.27. The van der Waals surface area contributed by atoms with Crippen LogP contribution in [0.15, 0.2) is 47.4 Å². The first kappa shape index (κ1) is 18.8. The number of urea groups is 1. The summed E-state index contributed by atoms with van der Waals surface area (Å²) in [6.07, 6.45) is 1.40. The Bertz CT molecular complexity index is 1080. The first-order valence-electron chi connectivity index (χ1n) is 8.07. The monoisotopic (exact) mass is 391 g/mol. The largest absolute Gasteiger partial charge is 0.328 e. The molecule has 8 heteroatoms. The van der Waals surface area contributed by atoms with Crippen molar-refractivity contribution < 1.29 is 13.6 Å². The highest BCUT2D eigenvalue weighted by atomic mass is 35.5. The smallest absolute Gasteiger partial charge is 0.322 e. The van der Waals surface area contributed by atoms with Crippen LogP contribution in [0, 0.1) is 11.6 Å². The third-order valence-corrected chi connectivity index (χ3v) is 4.64. The van der Waals surface area contributed by atoms with Gasteiger partial charge in [0.2, 0.25) is 0 Å². The Morgan fingerprint density at radius 3 is 2.52 bits per heavy atom. The minimum Gasteiger partial charge on any atom is -0.328 e. The number of halogens is 3. The molecule has 1 aromatic heterocycles. The topological polar surface area (TPSA) is 65.2 Å². The van der Waals surface area contributed by atoms with Gasteiger partial charge in [0.25, 0.3) is 5.56 Å². The second-order valence-corrected chi connectivity index (χ2v) is 6.55.